The Bertz CT molecular complexity index is 700. The number of hydrogen-bond acceptors (Lipinski definition) is 4. The van der Waals surface area contributed by atoms with Crippen molar-refractivity contribution in [2.45, 2.75) is 38.9 Å². The summed E-state index contributed by atoms with van der Waals surface area (Å²) < 4.78 is 0. The summed E-state index contributed by atoms with van der Waals surface area (Å²) >= 11 is 1.85. The van der Waals surface area contributed by atoms with Crippen molar-refractivity contribution in [2.75, 3.05) is 13.1 Å². The summed E-state index contributed by atoms with van der Waals surface area (Å²) in [5, 5.41) is 5.26. The van der Waals surface area contributed by atoms with Crippen LogP contribution in [0.4, 0.5) is 0 Å². The molecule has 3 atom stereocenters. The number of rotatable bonds is 6. The molecule has 0 bridgehead atoms. The molecule has 5 heteroatoms. The van der Waals surface area contributed by atoms with Gasteiger partial charge in [-0.15, -0.1) is 11.3 Å². The largest absolute Gasteiger partial charge is 0.354 e. The first kappa shape index (κ1) is 18.1. The summed E-state index contributed by atoms with van der Waals surface area (Å²) in [7, 11) is 0. The van der Waals surface area contributed by atoms with Crippen molar-refractivity contribution < 1.29 is 4.79 Å². The van der Waals surface area contributed by atoms with Crippen LogP contribution in [0.15, 0.2) is 41.8 Å². The zero-order chi connectivity index (χ0) is 17.8. The molecule has 3 unspecified atom stereocenters. The van der Waals surface area contributed by atoms with Gasteiger partial charge in [0.1, 0.15) is 0 Å². The van der Waals surface area contributed by atoms with Crippen LogP contribution >= 0.6 is 11.3 Å². The van der Waals surface area contributed by atoms with Crippen LogP contribution in [-0.2, 0) is 17.8 Å². The summed E-state index contributed by atoms with van der Waals surface area (Å²) in [6.07, 6.45) is 1.11. The van der Waals surface area contributed by atoms with Gasteiger partial charge in [0.2, 0.25) is 5.91 Å². The molecule has 1 aliphatic rings. The molecular weight excluding hydrogens is 330 g/mol. The highest BCUT2D eigenvalue weighted by molar-refractivity contribution is 7.10. The molecule has 1 amide bonds. The van der Waals surface area contributed by atoms with E-state index in [0.29, 0.717) is 12.6 Å². The second-order valence-electron chi connectivity index (χ2n) is 6.91. The predicted octanol–water partition coefficient (Wildman–Crippen LogP) is 2.95. The quantitative estimate of drug-likeness (QED) is 0.836. The van der Waals surface area contributed by atoms with Gasteiger partial charge in [-0.25, -0.2) is 0 Å². The maximum atomic E-state index is 12.5. The second kappa shape index (κ2) is 8.13. The van der Waals surface area contributed by atoms with Gasteiger partial charge < -0.3 is 11.1 Å². The molecule has 25 heavy (non-hydrogen) atoms. The van der Waals surface area contributed by atoms with Crippen LogP contribution in [-0.4, -0.2) is 29.9 Å². The number of nitrogens with two attached hydrogens (primary N) is 1. The van der Waals surface area contributed by atoms with Gasteiger partial charge in [-0.2, -0.15) is 0 Å². The van der Waals surface area contributed by atoms with Crippen LogP contribution < -0.4 is 11.1 Å². The van der Waals surface area contributed by atoms with Crippen molar-refractivity contribution in [1.82, 2.24) is 10.2 Å². The molecule has 0 aliphatic carbocycles. The molecular formula is C20H27N3OS. The Labute approximate surface area is 154 Å². The van der Waals surface area contributed by atoms with Crippen LogP contribution in [0.1, 0.15) is 35.9 Å². The van der Waals surface area contributed by atoms with Crippen molar-refractivity contribution in [2.24, 2.45) is 11.7 Å². The van der Waals surface area contributed by atoms with Crippen molar-refractivity contribution in [3.05, 3.63) is 57.8 Å². The minimum absolute atomic E-state index is 0.0245. The standard InChI is InChI=1S/C20H27N3OS/c1-14(23-10-8-18-17(13-23)9-11-25-18)12-22-20(24)15(2)19(21)16-6-4-3-5-7-16/h3-7,9,11,14-15,19H,8,10,12-13,21H2,1-2H3,(H,22,24). The smallest absolute Gasteiger partial charge is 0.224 e. The van der Waals surface area contributed by atoms with Gasteiger partial charge in [0.25, 0.3) is 0 Å². The van der Waals surface area contributed by atoms with Crippen molar-refractivity contribution in [1.29, 1.82) is 0 Å². The number of amides is 1. The van der Waals surface area contributed by atoms with Crippen molar-refractivity contribution in [3.8, 4) is 0 Å². The molecule has 134 valence electrons. The van der Waals surface area contributed by atoms with Gasteiger partial charge in [-0.3, -0.25) is 9.69 Å². The number of nitrogens with zero attached hydrogens (tertiary/aromatic N) is 1. The molecule has 1 aromatic heterocycles. The van der Waals surface area contributed by atoms with E-state index in [0.717, 1.165) is 25.1 Å². The summed E-state index contributed by atoms with van der Waals surface area (Å²) in [6, 6.07) is 12.1. The summed E-state index contributed by atoms with van der Waals surface area (Å²) in [6.45, 7) is 6.78. The van der Waals surface area contributed by atoms with Gasteiger partial charge in [-0.1, -0.05) is 37.3 Å². The lowest BCUT2D eigenvalue weighted by molar-refractivity contribution is -0.125. The van der Waals surface area contributed by atoms with E-state index < -0.39 is 0 Å². The molecule has 3 N–H and O–H groups in total. The fraction of sp³-hybridized carbons (Fsp3) is 0.450. The molecule has 0 fully saturated rings. The third-order valence-corrected chi connectivity index (χ3v) is 6.19. The van der Waals surface area contributed by atoms with E-state index in [1.807, 2.05) is 48.6 Å². The Kier molecular flexibility index (Phi) is 5.89. The van der Waals surface area contributed by atoms with Gasteiger partial charge in [0.05, 0.1) is 5.92 Å². The lowest BCUT2D eigenvalue weighted by Gasteiger charge is -2.33. The molecule has 4 nitrogen and oxygen atoms in total. The second-order valence-corrected chi connectivity index (χ2v) is 7.91. The van der Waals surface area contributed by atoms with Crippen molar-refractivity contribution >= 4 is 17.2 Å². The minimum Gasteiger partial charge on any atom is -0.354 e. The lowest BCUT2D eigenvalue weighted by Crippen LogP contribution is -2.46. The first-order valence-electron chi connectivity index (χ1n) is 8.93. The molecule has 0 saturated heterocycles. The first-order valence-corrected chi connectivity index (χ1v) is 9.81. The Morgan fingerprint density at radius 2 is 2.04 bits per heavy atom. The highest BCUT2D eigenvalue weighted by Crippen LogP contribution is 2.25. The molecule has 1 aromatic carbocycles. The molecule has 3 rings (SSSR count). The maximum Gasteiger partial charge on any atom is 0.224 e. The summed E-state index contributed by atoms with van der Waals surface area (Å²) in [4.78, 5) is 16.4. The number of carbonyl (C=O) groups excluding carboxylic acids is 1. The van der Waals surface area contributed by atoms with Crippen molar-refractivity contribution in [3.63, 3.8) is 0 Å². The first-order chi connectivity index (χ1) is 12.1. The summed E-state index contributed by atoms with van der Waals surface area (Å²) in [5.41, 5.74) is 8.70. The topological polar surface area (TPSA) is 58.4 Å². The zero-order valence-corrected chi connectivity index (χ0v) is 15.8. The van der Waals surface area contributed by atoms with E-state index in [9.17, 15) is 4.79 Å². The van der Waals surface area contributed by atoms with E-state index in [-0.39, 0.29) is 17.9 Å². The minimum atomic E-state index is -0.278. The van der Waals surface area contributed by atoms with Gasteiger partial charge in [0, 0.05) is 36.6 Å². The highest BCUT2D eigenvalue weighted by Gasteiger charge is 2.25. The van der Waals surface area contributed by atoms with Crippen LogP contribution in [0.3, 0.4) is 0 Å². The molecule has 0 saturated carbocycles. The van der Waals surface area contributed by atoms with Crippen LogP contribution in [0.5, 0.6) is 0 Å². The predicted molar refractivity (Wildman–Crippen MR) is 103 cm³/mol. The van der Waals surface area contributed by atoms with Gasteiger partial charge >= 0.3 is 0 Å². The molecule has 2 heterocycles. The normalized spacial score (nSPS) is 18.2. The number of carbonyl (C=O) groups is 1. The number of thiophene rings is 1. The maximum absolute atomic E-state index is 12.5. The van der Waals surface area contributed by atoms with Crippen LogP contribution in [0.2, 0.25) is 0 Å². The van der Waals surface area contributed by atoms with E-state index >= 15 is 0 Å². The monoisotopic (exact) mass is 357 g/mol. The third-order valence-electron chi connectivity index (χ3n) is 5.17. The Balaban J connectivity index is 1.50. The Morgan fingerprint density at radius 1 is 1.28 bits per heavy atom. The van der Waals surface area contributed by atoms with E-state index in [4.69, 9.17) is 5.73 Å². The van der Waals surface area contributed by atoms with Crippen LogP contribution in [0, 0.1) is 5.92 Å². The van der Waals surface area contributed by atoms with E-state index in [2.05, 4.69) is 28.6 Å². The molecule has 0 spiro atoms. The van der Waals surface area contributed by atoms with Gasteiger partial charge in [0.15, 0.2) is 0 Å². The van der Waals surface area contributed by atoms with Crippen LogP contribution in [0.25, 0.3) is 0 Å². The molecule has 1 aliphatic heterocycles. The Morgan fingerprint density at radius 3 is 2.80 bits per heavy atom. The lowest BCUT2D eigenvalue weighted by atomic mass is 9.94. The summed E-state index contributed by atoms with van der Waals surface area (Å²) in [5.74, 6) is -0.226. The number of benzene rings is 1. The van der Waals surface area contributed by atoms with Gasteiger partial charge in [-0.05, 0) is 35.9 Å². The number of hydrogen-bond donors (Lipinski definition) is 2. The SMILES string of the molecule is CC(C(=O)NCC(C)N1CCc2sccc2C1)C(N)c1ccccc1. The number of nitrogens with one attached hydrogen (secondary N) is 1. The van der Waals surface area contributed by atoms with E-state index in [1.54, 1.807) is 0 Å². The van der Waals surface area contributed by atoms with E-state index in [1.165, 1.54) is 10.4 Å². The average molecular weight is 358 g/mol. The highest BCUT2D eigenvalue weighted by atomic mass is 32.1. The third kappa shape index (κ3) is 4.29. The zero-order valence-electron chi connectivity index (χ0n) is 14.9. The fourth-order valence-corrected chi connectivity index (χ4v) is 4.20. The molecule has 2 aromatic rings. The Hall–Kier alpha value is -1.69. The number of fused-ring (bicyclic) bond motifs is 1. The fourth-order valence-electron chi connectivity index (χ4n) is 3.31. The average Bonchev–Trinajstić information content (AvgIpc) is 3.13. The molecule has 0 radical (unpaired) electrons.